The zero-order valence-corrected chi connectivity index (χ0v) is 12.1. The van der Waals surface area contributed by atoms with Crippen LogP contribution in [0, 0.1) is 0 Å². The minimum atomic E-state index is 0. The average molecular weight is 246 g/mol. The van der Waals surface area contributed by atoms with Crippen molar-refractivity contribution >= 4 is 11.0 Å². The molecule has 0 bridgehead atoms. The van der Waals surface area contributed by atoms with Gasteiger partial charge in [-0.2, -0.15) is 0 Å². The molecule has 0 aliphatic rings. The molecule has 1 heterocycles. The Hall–Kier alpha value is -1.35. The molecule has 0 spiro atoms. The predicted octanol–water partition coefficient (Wildman–Crippen LogP) is 0.576. The first-order valence-corrected chi connectivity index (χ1v) is 5.42. The van der Waals surface area contributed by atoms with Crippen molar-refractivity contribution in [3.05, 3.63) is 71.1 Å². The van der Waals surface area contributed by atoms with Gasteiger partial charge < -0.3 is 5.84 Å². The molecule has 0 aliphatic heterocycles. The van der Waals surface area contributed by atoms with Gasteiger partial charge in [-0.15, -0.1) is 0 Å². The van der Waals surface area contributed by atoms with E-state index in [-0.39, 0.29) is 36.4 Å². The van der Waals surface area contributed by atoms with Crippen LogP contribution in [-0.4, -0.2) is 0 Å². The number of para-hydroxylation sites is 1. The summed E-state index contributed by atoms with van der Waals surface area (Å²) < 4.78 is 5.48. The minimum absolute atomic E-state index is 0. The molecule has 3 rings (SSSR count). The molecular weight excluding hydrogens is 235 g/mol. The molecule has 0 aliphatic carbocycles. The van der Waals surface area contributed by atoms with Crippen LogP contribution in [0.1, 0.15) is 1.43 Å². The van der Waals surface area contributed by atoms with Crippen LogP contribution >= 0.6 is 0 Å². The second-order valence-corrected chi connectivity index (χ2v) is 3.84. The van der Waals surface area contributed by atoms with E-state index >= 15 is 0 Å². The average Bonchev–Trinajstić information content (AvgIpc) is 2.40. The van der Waals surface area contributed by atoms with E-state index < -0.39 is 0 Å². The Morgan fingerprint density at radius 3 is 2.33 bits per heavy atom. The molecule has 0 saturated carbocycles. The summed E-state index contributed by atoms with van der Waals surface area (Å²) in [4.78, 5) is 12.3. The van der Waals surface area contributed by atoms with Crippen LogP contribution in [0.25, 0.3) is 22.1 Å². The summed E-state index contributed by atoms with van der Waals surface area (Å²) in [5, 5.41) is 0.619. The monoisotopic (exact) mass is 246 g/mol. The van der Waals surface area contributed by atoms with Crippen LogP contribution in [0.4, 0.5) is 0 Å². The van der Waals surface area contributed by atoms with E-state index in [2.05, 4.69) is 0 Å². The van der Waals surface area contributed by atoms with Crippen molar-refractivity contribution in [2.75, 3.05) is 0 Å². The minimum Gasteiger partial charge on any atom is -1.00 e. The van der Waals surface area contributed by atoms with Gasteiger partial charge in [0.05, 0.1) is 10.9 Å². The van der Waals surface area contributed by atoms with Crippen LogP contribution < -0.4 is 35.0 Å². The molecule has 18 heavy (non-hydrogen) atoms. The fourth-order valence-corrected chi connectivity index (χ4v) is 1.89. The smallest absolute Gasteiger partial charge is 1.00 e. The van der Waals surface area contributed by atoms with Gasteiger partial charge in [0.25, 0.3) is 0 Å². The van der Waals surface area contributed by atoms with Crippen LogP contribution in [0.5, 0.6) is 0 Å². The van der Waals surface area contributed by atoms with Gasteiger partial charge in [0.1, 0.15) is 11.8 Å². The van der Waals surface area contributed by atoms with Crippen LogP contribution in [0.3, 0.4) is 0 Å². The van der Waals surface area contributed by atoms with Gasteiger partial charge in [-0.3, -0.25) is 4.79 Å². The van der Waals surface area contributed by atoms with Crippen molar-refractivity contribution in [2.45, 2.75) is 0 Å². The Bertz CT molecular complexity index is 723. The van der Waals surface area contributed by atoms with Crippen molar-refractivity contribution in [3.8, 4) is 11.1 Å². The van der Waals surface area contributed by atoms with E-state index in [9.17, 15) is 4.79 Å². The second kappa shape index (κ2) is 5.53. The molecule has 1 aromatic heterocycles. The summed E-state index contributed by atoms with van der Waals surface area (Å²) in [6, 6.07) is 16.8. The fraction of sp³-hybridized carbons (Fsp3) is 0. The molecule has 0 amide bonds. The zero-order valence-electron chi connectivity index (χ0n) is 11.1. The number of hydrogen-bond acceptors (Lipinski definition) is 2. The Kier molecular flexibility index (Phi) is 4.02. The van der Waals surface area contributed by atoms with Gasteiger partial charge in [-0.25, -0.2) is 0 Å². The first-order chi connectivity index (χ1) is 8.36. The maximum atomic E-state index is 12.3. The quantitative estimate of drug-likeness (QED) is 0.588. The van der Waals surface area contributed by atoms with Gasteiger partial charge >= 0.3 is 29.6 Å². The largest absolute Gasteiger partial charge is 1.00 e. The molecular formula is C15H11NaO2. The predicted molar refractivity (Wildman–Crippen MR) is 69.0 cm³/mol. The molecule has 0 N–H and O–H groups in total. The number of fused-ring (bicyclic) bond motifs is 1. The molecule has 0 atom stereocenters. The third kappa shape index (κ3) is 2.27. The number of hydrogen-bond donors (Lipinski definition) is 0. The maximum Gasteiger partial charge on any atom is 1.00 e. The first kappa shape index (κ1) is 13.1. The standard InChI is InChI=1S/C15H10O2.Na.H/c16-15-12-8-4-5-9-14(12)17-10-13(15)11-6-2-1-3-7-11;;/h1-10H;;/q;+1;-1. The summed E-state index contributed by atoms with van der Waals surface area (Å²) in [7, 11) is 0. The van der Waals surface area contributed by atoms with Gasteiger partial charge in [-0.1, -0.05) is 42.5 Å². The zero-order chi connectivity index (χ0) is 11.7. The summed E-state index contributed by atoms with van der Waals surface area (Å²) in [6.45, 7) is 0. The van der Waals surface area contributed by atoms with E-state index in [0.29, 0.717) is 16.5 Å². The van der Waals surface area contributed by atoms with E-state index in [1.165, 1.54) is 6.26 Å². The number of rotatable bonds is 1. The molecule has 3 heteroatoms. The topological polar surface area (TPSA) is 30.2 Å². The fourth-order valence-electron chi connectivity index (χ4n) is 1.89. The van der Waals surface area contributed by atoms with Gasteiger partial charge in [0, 0.05) is 0 Å². The van der Waals surface area contributed by atoms with E-state index in [0.717, 1.165) is 5.56 Å². The molecule has 2 aromatic carbocycles. The third-order valence-corrected chi connectivity index (χ3v) is 2.76. The second-order valence-electron chi connectivity index (χ2n) is 3.84. The molecule has 3 aromatic rings. The Labute approximate surface area is 128 Å². The summed E-state index contributed by atoms with van der Waals surface area (Å²) in [5.74, 6) is 0. The molecule has 2 nitrogen and oxygen atoms in total. The van der Waals surface area contributed by atoms with E-state index in [1.807, 2.05) is 42.5 Å². The van der Waals surface area contributed by atoms with E-state index in [1.54, 1.807) is 12.1 Å². The normalized spacial score (nSPS) is 10.0. The summed E-state index contributed by atoms with van der Waals surface area (Å²) >= 11 is 0. The maximum absolute atomic E-state index is 12.3. The number of benzene rings is 2. The van der Waals surface area contributed by atoms with Gasteiger partial charge in [0.2, 0.25) is 0 Å². The van der Waals surface area contributed by atoms with Crippen molar-refractivity contribution in [2.24, 2.45) is 0 Å². The SMILES string of the molecule is O=c1c(-c2ccccc2)coc2ccccc12.[H-].[Na+]. The van der Waals surface area contributed by atoms with Crippen LogP contribution in [0.15, 0.2) is 70.1 Å². The third-order valence-electron chi connectivity index (χ3n) is 2.76. The Morgan fingerprint density at radius 1 is 0.889 bits per heavy atom. The Morgan fingerprint density at radius 2 is 1.56 bits per heavy atom. The molecule has 0 fully saturated rings. The Balaban J connectivity index is 0.000000902. The van der Waals surface area contributed by atoms with Crippen LogP contribution in [0.2, 0.25) is 0 Å². The van der Waals surface area contributed by atoms with Crippen LogP contribution in [-0.2, 0) is 0 Å². The van der Waals surface area contributed by atoms with E-state index in [4.69, 9.17) is 4.42 Å². The molecule has 84 valence electrons. The first-order valence-electron chi connectivity index (χ1n) is 5.42. The van der Waals surface area contributed by atoms with Crippen molar-refractivity contribution < 1.29 is 35.4 Å². The molecule has 0 saturated heterocycles. The van der Waals surface area contributed by atoms with Crippen molar-refractivity contribution in [1.82, 2.24) is 0 Å². The summed E-state index contributed by atoms with van der Waals surface area (Å²) in [6.07, 6.45) is 1.53. The molecule has 0 unspecified atom stereocenters. The van der Waals surface area contributed by atoms with Gasteiger partial charge in [-0.05, 0) is 17.7 Å². The summed E-state index contributed by atoms with van der Waals surface area (Å²) in [5.41, 5.74) is 2.12. The van der Waals surface area contributed by atoms with Crippen molar-refractivity contribution in [3.63, 3.8) is 0 Å². The van der Waals surface area contributed by atoms with Crippen molar-refractivity contribution in [1.29, 1.82) is 0 Å². The van der Waals surface area contributed by atoms with Gasteiger partial charge in [0.15, 0.2) is 5.43 Å². The molecule has 0 radical (unpaired) electrons.